The number of aromatic nitrogens is 2. The van der Waals surface area contributed by atoms with Crippen molar-refractivity contribution in [2.24, 2.45) is 5.92 Å². The zero-order chi connectivity index (χ0) is 14.3. The minimum atomic E-state index is -0.783. The lowest BCUT2D eigenvalue weighted by atomic mass is 9.83. The summed E-state index contributed by atoms with van der Waals surface area (Å²) in [4.78, 5) is 17.9. The molecule has 1 aromatic heterocycles. The number of hydrogen-bond donors (Lipinski definition) is 2. The molecule has 0 spiro atoms. The molecule has 1 atom stereocenters. The maximum atomic E-state index is 12.2. The number of hydrogen-bond acceptors (Lipinski definition) is 6. The van der Waals surface area contributed by atoms with E-state index in [-0.39, 0.29) is 23.7 Å². The smallest absolute Gasteiger partial charge is 0.295 e. The largest absolute Gasteiger partial charge is 0.386 e. The van der Waals surface area contributed by atoms with Gasteiger partial charge in [-0.05, 0) is 25.3 Å². The van der Waals surface area contributed by atoms with Gasteiger partial charge in [0, 0.05) is 0 Å². The predicted molar refractivity (Wildman–Crippen MR) is 70.0 cm³/mol. The highest BCUT2D eigenvalue weighted by atomic mass is 16.5. The van der Waals surface area contributed by atoms with Crippen molar-refractivity contribution in [2.45, 2.75) is 38.3 Å². The third-order valence-corrected chi connectivity index (χ3v) is 4.28. The molecular weight excluding hydrogens is 260 g/mol. The number of nitrogens with zero attached hydrogens (tertiary/aromatic N) is 3. The second-order valence-corrected chi connectivity index (χ2v) is 6.02. The standard InChI is InChI=1S/C13H20N4O3/c1-8(2)13(19)6-17(7-13)12(18)10-15-11(20-16-10)9-4-3-5-14-9/h8-9,14,19H,3-7H2,1-2H3. The Morgan fingerprint density at radius 1 is 1.55 bits per heavy atom. The van der Waals surface area contributed by atoms with Crippen molar-refractivity contribution in [1.82, 2.24) is 20.4 Å². The highest BCUT2D eigenvalue weighted by molar-refractivity contribution is 5.91. The molecule has 2 fully saturated rings. The second-order valence-electron chi connectivity index (χ2n) is 6.02. The van der Waals surface area contributed by atoms with Gasteiger partial charge in [0.2, 0.25) is 5.89 Å². The van der Waals surface area contributed by atoms with Crippen molar-refractivity contribution >= 4 is 5.91 Å². The molecule has 7 heteroatoms. The topological polar surface area (TPSA) is 91.5 Å². The van der Waals surface area contributed by atoms with Crippen LogP contribution in [0.3, 0.4) is 0 Å². The van der Waals surface area contributed by atoms with Gasteiger partial charge in [0.25, 0.3) is 11.7 Å². The number of nitrogens with one attached hydrogen (secondary N) is 1. The minimum Gasteiger partial charge on any atom is -0.386 e. The lowest BCUT2D eigenvalue weighted by molar-refractivity contribution is -0.111. The molecule has 1 aromatic rings. The SMILES string of the molecule is CC(C)C1(O)CN(C(=O)c2noc(C3CCCN3)n2)C1. The van der Waals surface area contributed by atoms with Crippen LogP contribution < -0.4 is 5.32 Å². The zero-order valence-corrected chi connectivity index (χ0v) is 11.8. The first-order valence-electron chi connectivity index (χ1n) is 7.08. The maximum absolute atomic E-state index is 12.2. The van der Waals surface area contributed by atoms with Crippen LogP contribution in [0.4, 0.5) is 0 Å². The van der Waals surface area contributed by atoms with E-state index in [4.69, 9.17) is 4.52 Å². The lowest BCUT2D eigenvalue weighted by Gasteiger charge is -2.48. The summed E-state index contributed by atoms with van der Waals surface area (Å²) in [5, 5.41) is 17.2. The fraction of sp³-hybridized carbons (Fsp3) is 0.769. The van der Waals surface area contributed by atoms with E-state index in [1.165, 1.54) is 0 Å². The quantitative estimate of drug-likeness (QED) is 0.829. The molecule has 7 nitrogen and oxygen atoms in total. The average Bonchev–Trinajstić information content (AvgIpc) is 3.03. The molecule has 0 aromatic carbocycles. The molecule has 2 aliphatic heterocycles. The van der Waals surface area contributed by atoms with Gasteiger partial charge in [-0.15, -0.1) is 0 Å². The van der Waals surface area contributed by atoms with Crippen molar-refractivity contribution < 1.29 is 14.4 Å². The van der Waals surface area contributed by atoms with Gasteiger partial charge < -0.3 is 19.8 Å². The van der Waals surface area contributed by atoms with E-state index in [0.29, 0.717) is 19.0 Å². The van der Waals surface area contributed by atoms with Crippen molar-refractivity contribution in [3.63, 3.8) is 0 Å². The molecule has 0 saturated carbocycles. The molecular formula is C13H20N4O3. The monoisotopic (exact) mass is 280 g/mol. The number of β-amino-alcohol motifs (C(OH)–C–C–N with tert-alkyl or cyclic N) is 1. The van der Waals surface area contributed by atoms with Crippen molar-refractivity contribution in [2.75, 3.05) is 19.6 Å². The van der Waals surface area contributed by atoms with Gasteiger partial charge >= 0.3 is 0 Å². The Morgan fingerprint density at radius 2 is 2.30 bits per heavy atom. The van der Waals surface area contributed by atoms with Gasteiger partial charge in [-0.2, -0.15) is 4.98 Å². The molecule has 1 amide bonds. The molecule has 3 heterocycles. The van der Waals surface area contributed by atoms with Gasteiger partial charge in [0.05, 0.1) is 19.1 Å². The van der Waals surface area contributed by atoms with Crippen LogP contribution in [0, 0.1) is 5.92 Å². The highest BCUT2D eigenvalue weighted by Gasteiger charge is 2.46. The predicted octanol–water partition coefficient (Wildman–Crippen LogP) is 0.337. The van der Waals surface area contributed by atoms with E-state index in [1.807, 2.05) is 13.8 Å². The van der Waals surface area contributed by atoms with Crippen LogP contribution in [-0.2, 0) is 0 Å². The van der Waals surface area contributed by atoms with E-state index in [0.717, 1.165) is 19.4 Å². The minimum absolute atomic E-state index is 0.0630. The fourth-order valence-corrected chi connectivity index (χ4v) is 2.62. The summed E-state index contributed by atoms with van der Waals surface area (Å²) in [7, 11) is 0. The van der Waals surface area contributed by atoms with Crippen molar-refractivity contribution in [1.29, 1.82) is 0 Å². The van der Waals surface area contributed by atoms with Crippen LogP contribution in [0.5, 0.6) is 0 Å². The van der Waals surface area contributed by atoms with Crippen LogP contribution in [0.15, 0.2) is 4.52 Å². The zero-order valence-electron chi connectivity index (χ0n) is 11.8. The first kappa shape index (κ1) is 13.5. The van der Waals surface area contributed by atoms with E-state index < -0.39 is 5.60 Å². The van der Waals surface area contributed by atoms with Crippen LogP contribution in [0.1, 0.15) is 49.2 Å². The first-order valence-corrected chi connectivity index (χ1v) is 7.08. The Balaban J connectivity index is 1.64. The molecule has 2 N–H and O–H groups in total. The molecule has 1 unspecified atom stereocenters. The lowest BCUT2D eigenvalue weighted by Crippen LogP contribution is -2.66. The van der Waals surface area contributed by atoms with Crippen molar-refractivity contribution in [3.8, 4) is 0 Å². The van der Waals surface area contributed by atoms with Crippen LogP contribution in [0.2, 0.25) is 0 Å². The third-order valence-electron chi connectivity index (χ3n) is 4.28. The van der Waals surface area contributed by atoms with Gasteiger partial charge in [0.15, 0.2) is 0 Å². The molecule has 20 heavy (non-hydrogen) atoms. The number of amides is 1. The summed E-state index contributed by atoms with van der Waals surface area (Å²) in [6.45, 7) is 5.48. The van der Waals surface area contributed by atoms with E-state index in [9.17, 15) is 9.90 Å². The van der Waals surface area contributed by atoms with E-state index >= 15 is 0 Å². The highest BCUT2D eigenvalue weighted by Crippen LogP contribution is 2.29. The summed E-state index contributed by atoms with van der Waals surface area (Å²) >= 11 is 0. The van der Waals surface area contributed by atoms with Crippen LogP contribution in [0.25, 0.3) is 0 Å². The number of likely N-dealkylation sites (tertiary alicyclic amines) is 1. The van der Waals surface area contributed by atoms with E-state index in [1.54, 1.807) is 4.90 Å². The van der Waals surface area contributed by atoms with Crippen LogP contribution in [-0.4, -0.2) is 51.3 Å². The normalized spacial score (nSPS) is 25.0. The molecule has 2 aliphatic rings. The number of carbonyl (C=O) groups excluding carboxylic acids is 1. The summed E-state index contributed by atoms with van der Waals surface area (Å²) in [5.41, 5.74) is -0.783. The number of carbonyl (C=O) groups is 1. The molecule has 0 aliphatic carbocycles. The van der Waals surface area contributed by atoms with Gasteiger partial charge in [-0.25, -0.2) is 0 Å². The summed E-state index contributed by atoms with van der Waals surface area (Å²) < 4.78 is 5.15. The number of aliphatic hydroxyl groups is 1. The summed E-state index contributed by atoms with van der Waals surface area (Å²) in [6, 6.07) is 0.0630. The molecule has 0 radical (unpaired) electrons. The first-order chi connectivity index (χ1) is 9.49. The fourth-order valence-electron chi connectivity index (χ4n) is 2.62. The summed E-state index contributed by atoms with van der Waals surface area (Å²) in [5.74, 6) is 0.406. The van der Waals surface area contributed by atoms with Gasteiger partial charge in [-0.3, -0.25) is 4.79 Å². The molecule has 0 bridgehead atoms. The number of rotatable bonds is 3. The molecule has 110 valence electrons. The molecule has 2 saturated heterocycles. The Bertz CT molecular complexity index is 501. The Kier molecular flexibility index (Phi) is 3.25. The Labute approximate surface area is 117 Å². The van der Waals surface area contributed by atoms with Gasteiger partial charge in [0.1, 0.15) is 5.60 Å². The average molecular weight is 280 g/mol. The summed E-state index contributed by atoms with van der Waals surface area (Å²) in [6.07, 6.45) is 2.02. The second kappa shape index (κ2) is 4.82. The van der Waals surface area contributed by atoms with Crippen molar-refractivity contribution in [3.05, 3.63) is 11.7 Å². The van der Waals surface area contributed by atoms with Crippen LogP contribution >= 0.6 is 0 Å². The van der Waals surface area contributed by atoms with E-state index in [2.05, 4.69) is 15.5 Å². The Hall–Kier alpha value is -1.47. The maximum Gasteiger partial charge on any atom is 0.295 e. The van der Waals surface area contributed by atoms with Gasteiger partial charge in [-0.1, -0.05) is 19.0 Å². The third kappa shape index (κ3) is 2.20. The Morgan fingerprint density at radius 3 is 2.90 bits per heavy atom. The molecule has 3 rings (SSSR count).